The summed E-state index contributed by atoms with van der Waals surface area (Å²) in [6.07, 6.45) is 2.33. The molecule has 4 amide bonds. The van der Waals surface area contributed by atoms with Crippen LogP contribution in [0.4, 0.5) is 11.4 Å². The van der Waals surface area contributed by atoms with Crippen molar-refractivity contribution in [2.75, 3.05) is 19.4 Å². The van der Waals surface area contributed by atoms with E-state index >= 15 is 0 Å². The molecule has 1 aliphatic carbocycles. The van der Waals surface area contributed by atoms with Crippen LogP contribution in [0.15, 0.2) is 36.4 Å². The zero-order valence-electron chi connectivity index (χ0n) is 18.0. The summed E-state index contributed by atoms with van der Waals surface area (Å²) in [5.74, 6) is -2.03. The monoisotopic (exact) mass is 432 g/mol. The van der Waals surface area contributed by atoms with Gasteiger partial charge in [0.2, 0.25) is 11.8 Å². The fraction of sp³-hybridized carbons (Fsp3) is 0.333. The van der Waals surface area contributed by atoms with Gasteiger partial charge in [-0.05, 0) is 68.8 Å². The van der Waals surface area contributed by atoms with E-state index < -0.39 is 29.7 Å². The van der Waals surface area contributed by atoms with Crippen LogP contribution in [-0.4, -0.2) is 53.6 Å². The molecule has 1 fully saturated rings. The van der Waals surface area contributed by atoms with Gasteiger partial charge in [0.25, 0.3) is 11.8 Å². The molecule has 164 valence electrons. The van der Waals surface area contributed by atoms with Gasteiger partial charge in [0.05, 0.1) is 16.8 Å². The molecule has 0 spiro atoms. The predicted molar refractivity (Wildman–Crippen MR) is 118 cm³/mol. The molecule has 8 heteroatoms. The Morgan fingerprint density at radius 3 is 2.56 bits per heavy atom. The predicted octanol–water partition coefficient (Wildman–Crippen LogP) is 2.38. The number of nitrogens with one attached hydrogen (secondary N) is 2. The Morgan fingerprint density at radius 1 is 1.00 bits per heavy atom. The zero-order valence-corrected chi connectivity index (χ0v) is 18.0. The number of carbonyl (C=O) groups excluding carboxylic acids is 4. The number of amides is 4. The highest BCUT2D eigenvalue weighted by atomic mass is 16.2. The molecule has 0 saturated carbocycles. The first-order valence-electron chi connectivity index (χ1n) is 10.8. The van der Waals surface area contributed by atoms with E-state index in [1.165, 1.54) is 11.1 Å². The first-order chi connectivity index (χ1) is 15.3. The third kappa shape index (κ3) is 3.18. The molecule has 32 heavy (non-hydrogen) atoms. The lowest BCUT2D eigenvalue weighted by molar-refractivity contribution is -0.136. The van der Waals surface area contributed by atoms with Gasteiger partial charge in [0.1, 0.15) is 6.04 Å². The van der Waals surface area contributed by atoms with E-state index in [0.29, 0.717) is 11.7 Å². The van der Waals surface area contributed by atoms with E-state index in [9.17, 15) is 19.2 Å². The molecule has 2 N–H and O–H groups in total. The third-order valence-corrected chi connectivity index (χ3v) is 6.56. The minimum absolute atomic E-state index is 0.0943. The molecule has 2 atom stereocenters. The number of anilines is 2. The minimum atomic E-state index is -0.978. The quantitative estimate of drug-likeness (QED) is 0.720. The zero-order chi connectivity index (χ0) is 22.6. The number of hydrogen-bond acceptors (Lipinski definition) is 6. The van der Waals surface area contributed by atoms with Crippen molar-refractivity contribution in [2.45, 2.75) is 37.8 Å². The number of nitrogens with zero attached hydrogens (tertiary/aromatic N) is 2. The smallest absolute Gasteiger partial charge is 0.264 e. The Balaban J connectivity index is 1.46. The van der Waals surface area contributed by atoms with Crippen molar-refractivity contribution in [1.82, 2.24) is 15.1 Å². The van der Waals surface area contributed by atoms with Crippen LogP contribution < -0.4 is 10.6 Å². The molecule has 1 saturated heterocycles. The molecule has 2 aromatic rings. The Kier molecular flexibility index (Phi) is 4.82. The fourth-order valence-electron chi connectivity index (χ4n) is 4.97. The van der Waals surface area contributed by atoms with Crippen LogP contribution >= 0.6 is 0 Å². The summed E-state index contributed by atoms with van der Waals surface area (Å²) in [5.41, 5.74) is 4.47. The molecule has 0 radical (unpaired) electrons. The highest BCUT2D eigenvalue weighted by Gasteiger charge is 2.45. The first-order valence-corrected chi connectivity index (χ1v) is 10.8. The standard InChI is InChI=1S/C24H24N4O4/c1-27(2)18-9-7-13-6-8-14(12-16(13)18)25-17-5-3-4-15-21(17)24(32)28(23(15)31)19-10-11-20(29)26-22(19)30/h3-6,8,12,18-19,25H,7,9-11H2,1-2H3,(H,26,29,30). The van der Waals surface area contributed by atoms with Crippen LogP contribution in [0.2, 0.25) is 0 Å². The SMILES string of the molecule is CN(C)C1CCc2ccc(Nc3cccc4c3C(=O)N(C3CCC(=O)NC3=O)C4=O)cc21. The maximum absolute atomic E-state index is 13.3. The summed E-state index contributed by atoms with van der Waals surface area (Å²) in [6, 6.07) is 10.6. The lowest BCUT2D eigenvalue weighted by atomic mass is 10.0. The molecule has 8 nitrogen and oxygen atoms in total. The average molecular weight is 432 g/mol. The second kappa shape index (κ2) is 7.56. The summed E-state index contributed by atoms with van der Waals surface area (Å²) < 4.78 is 0. The molecule has 3 aliphatic rings. The molecular formula is C24H24N4O4. The molecular weight excluding hydrogens is 408 g/mol. The minimum Gasteiger partial charge on any atom is -0.355 e. The van der Waals surface area contributed by atoms with Crippen molar-refractivity contribution >= 4 is 35.0 Å². The van der Waals surface area contributed by atoms with Crippen LogP contribution in [0, 0.1) is 0 Å². The third-order valence-electron chi connectivity index (χ3n) is 6.56. The number of imide groups is 2. The first kappa shape index (κ1) is 20.4. The van der Waals surface area contributed by atoms with Gasteiger partial charge in [-0.3, -0.25) is 29.4 Å². The molecule has 2 aromatic carbocycles. The number of fused-ring (bicyclic) bond motifs is 2. The van der Waals surface area contributed by atoms with Crippen molar-refractivity contribution in [3.05, 3.63) is 58.7 Å². The van der Waals surface area contributed by atoms with Crippen LogP contribution in [0.3, 0.4) is 0 Å². The number of rotatable bonds is 4. The van der Waals surface area contributed by atoms with Crippen LogP contribution in [0.5, 0.6) is 0 Å². The molecule has 5 rings (SSSR count). The number of hydrogen-bond donors (Lipinski definition) is 2. The van der Waals surface area contributed by atoms with E-state index in [1.807, 2.05) is 6.07 Å². The van der Waals surface area contributed by atoms with Crippen molar-refractivity contribution in [3.63, 3.8) is 0 Å². The van der Waals surface area contributed by atoms with Crippen molar-refractivity contribution < 1.29 is 19.2 Å². The van der Waals surface area contributed by atoms with Gasteiger partial charge >= 0.3 is 0 Å². The van der Waals surface area contributed by atoms with E-state index in [-0.39, 0.29) is 24.0 Å². The van der Waals surface area contributed by atoms with E-state index in [4.69, 9.17) is 0 Å². The van der Waals surface area contributed by atoms with E-state index in [2.05, 4.69) is 41.8 Å². The summed E-state index contributed by atoms with van der Waals surface area (Å²) in [6.45, 7) is 0. The normalized spacial score (nSPS) is 22.3. The van der Waals surface area contributed by atoms with Crippen LogP contribution in [0.1, 0.15) is 57.1 Å². The Bertz CT molecular complexity index is 1170. The Hall–Kier alpha value is -3.52. The summed E-state index contributed by atoms with van der Waals surface area (Å²) in [7, 11) is 4.13. The molecule has 0 aromatic heterocycles. The van der Waals surface area contributed by atoms with Gasteiger partial charge in [0, 0.05) is 18.2 Å². The largest absolute Gasteiger partial charge is 0.355 e. The highest BCUT2D eigenvalue weighted by Crippen LogP contribution is 2.38. The number of piperidine rings is 1. The number of benzene rings is 2. The summed E-state index contributed by atoms with van der Waals surface area (Å²) in [4.78, 5) is 53.3. The Morgan fingerprint density at radius 2 is 1.81 bits per heavy atom. The van der Waals surface area contributed by atoms with Gasteiger partial charge in [-0.1, -0.05) is 12.1 Å². The molecule has 2 aliphatic heterocycles. The molecule has 0 bridgehead atoms. The lowest BCUT2D eigenvalue weighted by Crippen LogP contribution is -2.54. The average Bonchev–Trinajstić information content (AvgIpc) is 3.28. The van der Waals surface area contributed by atoms with Gasteiger partial charge in [-0.25, -0.2) is 0 Å². The summed E-state index contributed by atoms with van der Waals surface area (Å²) in [5, 5.41) is 5.54. The highest BCUT2D eigenvalue weighted by molar-refractivity contribution is 6.25. The van der Waals surface area contributed by atoms with Gasteiger partial charge in [-0.2, -0.15) is 0 Å². The Labute approximate surface area is 185 Å². The molecule has 2 unspecified atom stereocenters. The number of aryl methyl sites for hydroxylation is 1. The van der Waals surface area contributed by atoms with Crippen LogP contribution in [0.25, 0.3) is 0 Å². The van der Waals surface area contributed by atoms with Crippen molar-refractivity contribution in [2.24, 2.45) is 0 Å². The maximum atomic E-state index is 13.3. The number of carbonyl (C=O) groups is 4. The second-order valence-electron chi connectivity index (χ2n) is 8.73. The van der Waals surface area contributed by atoms with Gasteiger partial charge in [-0.15, -0.1) is 0 Å². The van der Waals surface area contributed by atoms with Gasteiger partial charge in [0.15, 0.2) is 0 Å². The fourth-order valence-corrected chi connectivity index (χ4v) is 4.97. The van der Waals surface area contributed by atoms with Gasteiger partial charge < -0.3 is 10.2 Å². The van der Waals surface area contributed by atoms with Crippen molar-refractivity contribution in [1.29, 1.82) is 0 Å². The van der Waals surface area contributed by atoms with E-state index in [0.717, 1.165) is 23.4 Å². The topological polar surface area (TPSA) is 98.8 Å². The lowest BCUT2D eigenvalue weighted by Gasteiger charge is -2.27. The second-order valence-corrected chi connectivity index (χ2v) is 8.73. The maximum Gasteiger partial charge on any atom is 0.264 e. The van der Waals surface area contributed by atoms with Crippen molar-refractivity contribution in [3.8, 4) is 0 Å². The van der Waals surface area contributed by atoms with Crippen LogP contribution in [-0.2, 0) is 16.0 Å². The summed E-state index contributed by atoms with van der Waals surface area (Å²) >= 11 is 0. The van der Waals surface area contributed by atoms with E-state index in [1.54, 1.807) is 18.2 Å². The molecule has 2 heterocycles.